The SMILES string of the molecule is ClCC[n+]1ccc2ccccc2c1.[Br-]. The number of benzene rings is 1. The van der Waals surface area contributed by atoms with E-state index >= 15 is 0 Å². The van der Waals surface area contributed by atoms with Crippen molar-refractivity contribution in [3.8, 4) is 0 Å². The Morgan fingerprint density at radius 1 is 1.07 bits per heavy atom. The number of aromatic nitrogens is 1. The van der Waals surface area contributed by atoms with Crippen LogP contribution in [0.2, 0.25) is 0 Å². The molecule has 2 aromatic rings. The number of nitrogens with zero attached hydrogens (tertiary/aromatic N) is 1. The first kappa shape index (κ1) is 11.5. The third-order valence-corrected chi connectivity index (χ3v) is 2.26. The largest absolute Gasteiger partial charge is 1.00 e. The normalized spacial score (nSPS) is 9.79. The summed E-state index contributed by atoms with van der Waals surface area (Å²) < 4.78 is 2.11. The third-order valence-electron chi connectivity index (χ3n) is 2.09. The second kappa shape index (κ2) is 5.32. The number of halogens is 2. The van der Waals surface area contributed by atoms with Crippen molar-refractivity contribution in [3.63, 3.8) is 0 Å². The predicted octanol–water partition coefficient (Wildman–Crippen LogP) is -0.630. The number of alkyl halides is 1. The van der Waals surface area contributed by atoms with E-state index in [-0.39, 0.29) is 17.0 Å². The molecule has 0 unspecified atom stereocenters. The van der Waals surface area contributed by atoms with E-state index < -0.39 is 0 Å². The quantitative estimate of drug-likeness (QED) is 0.506. The molecule has 0 aliphatic carbocycles. The highest BCUT2D eigenvalue weighted by molar-refractivity contribution is 6.17. The van der Waals surface area contributed by atoms with E-state index in [1.807, 2.05) is 12.1 Å². The van der Waals surface area contributed by atoms with Gasteiger partial charge in [-0.3, -0.25) is 0 Å². The number of pyridine rings is 1. The molecule has 0 atom stereocenters. The number of hydrogen-bond donors (Lipinski definition) is 0. The van der Waals surface area contributed by atoms with Crippen LogP contribution in [0.4, 0.5) is 0 Å². The van der Waals surface area contributed by atoms with Crippen molar-refractivity contribution in [2.24, 2.45) is 0 Å². The first-order valence-corrected chi connectivity index (χ1v) is 4.87. The Hall–Kier alpha value is -0.600. The lowest BCUT2D eigenvalue weighted by Gasteiger charge is -1.96. The van der Waals surface area contributed by atoms with Crippen LogP contribution in [-0.2, 0) is 6.54 Å². The monoisotopic (exact) mass is 271 g/mol. The number of hydrogen-bond acceptors (Lipinski definition) is 0. The fourth-order valence-electron chi connectivity index (χ4n) is 1.41. The van der Waals surface area contributed by atoms with Gasteiger partial charge in [0.05, 0.1) is 5.88 Å². The minimum atomic E-state index is 0. The molecule has 1 nitrogen and oxygen atoms in total. The molecule has 0 fully saturated rings. The van der Waals surface area contributed by atoms with Gasteiger partial charge in [0.1, 0.15) is 0 Å². The predicted molar refractivity (Wildman–Crippen MR) is 54.9 cm³/mol. The van der Waals surface area contributed by atoms with Crippen LogP contribution in [0.3, 0.4) is 0 Å². The summed E-state index contributed by atoms with van der Waals surface area (Å²) in [7, 11) is 0. The van der Waals surface area contributed by atoms with Gasteiger partial charge in [0.25, 0.3) is 0 Å². The lowest BCUT2D eigenvalue weighted by molar-refractivity contribution is -0.691. The average molecular weight is 273 g/mol. The van der Waals surface area contributed by atoms with Gasteiger partial charge in [-0.2, -0.15) is 0 Å². The maximum atomic E-state index is 5.67. The third kappa shape index (κ3) is 2.46. The molecule has 0 N–H and O–H groups in total. The smallest absolute Gasteiger partial charge is 0.176 e. The molecule has 1 heterocycles. The van der Waals surface area contributed by atoms with Crippen molar-refractivity contribution in [3.05, 3.63) is 42.7 Å². The molecule has 0 aliphatic heterocycles. The Labute approximate surface area is 99.1 Å². The van der Waals surface area contributed by atoms with Gasteiger partial charge >= 0.3 is 0 Å². The van der Waals surface area contributed by atoms with Crippen LogP contribution in [-0.4, -0.2) is 5.88 Å². The molecule has 0 saturated heterocycles. The van der Waals surface area contributed by atoms with E-state index in [9.17, 15) is 0 Å². The average Bonchev–Trinajstić information content (AvgIpc) is 2.18. The zero-order valence-corrected chi connectivity index (χ0v) is 10.0. The van der Waals surface area contributed by atoms with Crippen LogP contribution >= 0.6 is 11.6 Å². The summed E-state index contributed by atoms with van der Waals surface area (Å²) in [4.78, 5) is 0. The molecule has 14 heavy (non-hydrogen) atoms. The zero-order valence-electron chi connectivity index (χ0n) is 7.66. The van der Waals surface area contributed by atoms with Gasteiger partial charge in [-0.15, -0.1) is 11.6 Å². The van der Waals surface area contributed by atoms with Crippen molar-refractivity contribution >= 4 is 22.4 Å². The van der Waals surface area contributed by atoms with Crippen molar-refractivity contribution in [1.29, 1.82) is 0 Å². The number of aryl methyl sites for hydroxylation is 1. The lowest BCUT2D eigenvalue weighted by Crippen LogP contribution is -3.00. The topological polar surface area (TPSA) is 3.88 Å². The highest BCUT2D eigenvalue weighted by atomic mass is 79.9. The van der Waals surface area contributed by atoms with E-state index in [2.05, 4.69) is 35.2 Å². The summed E-state index contributed by atoms with van der Waals surface area (Å²) in [6.45, 7) is 0.867. The summed E-state index contributed by atoms with van der Waals surface area (Å²) >= 11 is 5.67. The Kier molecular flexibility index (Phi) is 4.36. The van der Waals surface area contributed by atoms with Crippen LogP contribution < -0.4 is 21.5 Å². The molecule has 0 aliphatic rings. The van der Waals surface area contributed by atoms with Gasteiger partial charge in [0.15, 0.2) is 18.9 Å². The Balaban J connectivity index is 0.000000980. The molecule has 74 valence electrons. The van der Waals surface area contributed by atoms with Crippen LogP contribution in [0.25, 0.3) is 10.8 Å². The summed E-state index contributed by atoms with van der Waals surface area (Å²) in [6.07, 6.45) is 4.18. The van der Waals surface area contributed by atoms with E-state index in [1.54, 1.807) is 0 Å². The van der Waals surface area contributed by atoms with Gasteiger partial charge in [-0.1, -0.05) is 18.2 Å². The molecule has 3 heteroatoms. The zero-order chi connectivity index (χ0) is 9.10. The van der Waals surface area contributed by atoms with Gasteiger partial charge in [-0.25, -0.2) is 4.57 Å². The minimum Gasteiger partial charge on any atom is -1.00 e. The van der Waals surface area contributed by atoms with Crippen molar-refractivity contribution < 1.29 is 21.5 Å². The maximum Gasteiger partial charge on any atom is 0.176 e. The summed E-state index contributed by atoms with van der Waals surface area (Å²) in [5, 5.41) is 2.53. The molecular weight excluding hydrogens is 261 g/mol. The van der Waals surface area contributed by atoms with Crippen molar-refractivity contribution in [2.45, 2.75) is 6.54 Å². The van der Waals surface area contributed by atoms with Gasteiger partial charge in [-0.05, 0) is 11.5 Å². The molecule has 0 spiro atoms. The van der Waals surface area contributed by atoms with E-state index in [4.69, 9.17) is 11.6 Å². The molecule has 2 rings (SSSR count). The van der Waals surface area contributed by atoms with E-state index in [1.165, 1.54) is 10.8 Å². The van der Waals surface area contributed by atoms with Crippen molar-refractivity contribution in [1.82, 2.24) is 0 Å². The van der Waals surface area contributed by atoms with Crippen LogP contribution in [0, 0.1) is 0 Å². The van der Waals surface area contributed by atoms with Crippen molar-refractivity contribution in [2.75, 3.05) is 5.88 Å². The maximum absolute atomic E-state index is 5.67. The number of rotatable bonds is 2. The second-order valence-corrected chi connectivity index (χ2v) is 3.38. The standard InChI is InChI=1S/C11H11ClN.BrH/c12-6-8-13-7-5-10-3-1-2-4-11(10)9-13;/h1-5,7,9H,6,8H2;1H/q+1;/p-1. The molecule has 0 radical (unpaired) electrons. The Morgan fingerprint density at radius 3 is 2.50 bits per heavy atom. The second-order valence-electron chi connectivity index (χ2n) is 3.00. The summed E-state index contributed by atoms with van der Waals surface area (Å²) in [5.41, 5.74) is 0. The summed E-state index contributed by atoms with van der Waals surface area (Å²) in [6, 6.07) is 10.4. The Morgan fingerprint density at radius 2 is 1.79 bits per heavy atom. The first-order chi connectivity index (χ1) is 6.40. The van der Waals surface area contributed by atoms with Crippen LogP contribution in [0.15, 0.2) is 42.7 Å². The number of fused-ring (bicyclic) bond motifs is 1. The molecule has 0 saturated carbocycles. The van der Waals surface area contributed by atoms with Crippen LogP contribution in [0.5, 0.6) is 0 Å². The van der Waals surface area contributed by atoms with Crippen LogP contribution in [0.1, 0.15) is 0 Å². The molecular formula is C11H11BrClN. The van der Waals surface area contributed by atoms with E-state index in [0.717, 1.165) is 6.54 Å². The minimum absolute atomic E-state index is 0. The first-order valence-electron chi connectivity index (χ1n) is 4.34. The lowest BCUT2D eigenvalue weighted by atomic mass is 10.2. The molecule has 1 aromatic heterocycles. The fraction of sp³-hybridized carbons (Fsp3) is 0.182. The van der Waals surface area contributed by atoms with E-state index in [0.29, 0.717) is 5.88 Å². The summed E-state index contributed by atoms with van der Waals surface area (Å²) in [5.74, 6) is 0.656. The fourth-order valence-corrected chi connectivity index (χ4v) is 1.61. The van der Waals surface area contributed by atoms with Gasteiger partial charge in [0.2, 0.25) is 0 Å². The molecule has 0 amide bonds. The highest BCUT2D eigenvalue weighted by Crippen LogP contribution is 2.09. The Bertz CT molecular complexity index is 417. The molecule has 0 bridgehead atoms. The van der Waals surface area contributed by atoms with Gasteiger partial charge < -0.3 is 17.0 Å². The molecule has 1 aromatic carbocycles. The highest BCUT2D eigenvalue weighted by Gasteiger charge is 2.00. The van der Waals surface area contributed by atoms with Gasteiger partial charge in [0, 0.05) is 11.5 Å².